The zero-order chi connectivity index (χ0) is 17.0. The van der Waals surface area contributed by atoms with Gasteiger partial charge in [-0.1, -0.05) is 11.6 Å². The number of nitrogens with zero attached hydrogens (tertiary/aromatic N) is 2. The molecule has 3 heterocycles. The molecule has 0 bridgehead atoms. The summed E-state index contributed by atoms with van der Waals surface area (Å²) in [5.74, 6) is 0.717. The van der Waals surface area contributed by atoms with Gasteiger partial charge in [0, 0.05) is 25.8 Å². The van der Waals surface area contributed by atoms with E-state index in [1.165, 1.54) is 18.3 Å². The van der Waals surface area contributed by atoms with Gasteiger partial charge in [-0.05, 0) is 24.3 Å². The van der Waals surface area contributed by atoms with Crippen LogP contribution >= 0.6 is 11.6 Å². The number of pyridine rings is 1. The van der Waals surface area contributed by atoms with Crippen LogP contribution in [0.2, 0.25) is 5.15 Å². The zero-order valence-electron chi connectivity index (χ0n) is 12.9. The Morgan fingerprint density at radius 1 is 1.29 bits per heavy atom. The van der Waals surface area contributed by atoms with Crippen LogP contribution in [0.3, 0.4) is 0 Å². The highest BCUT2D eigenvalue weighted by molar-refractivity contribution is 7.89. The van der Waals surface area contributed by atoms with Crippen molar-refractivity contribution in [1.29, 1.82) is 0 Å². The van der Waals surface area contributed by atoms with E-state index in [0.717, 1.165) is 13.1 Å². The van der Waals surface area contributed by atoms with E-state index in [4.69, 9.17) is 20.8 Å². The number of morpholine rings is 1. The topological polar surface area (TPSA) is 84.7 Å². The summed E-state index contributed by atoms with van der Waals surface area (Å²) in [4.78, 5) is 6.03. The lowest BCUT2D eigenvalue weighted by atomic mass is 10.2. The van der Waals surface area contributed by atoms with Gasteiger partial charge in [0.15, 0.2) is 0 Å². The molecule has 9 heteroatoms. The van der Waals surface area contributed by atoms with Gasteiger partial charge in [0.25, 0.3) is 0 Å². The van der Waals surface area contributed by atoms with Gasteiger partial charge in [-0.15, -0.1) is 0 Å². The maximum Gasteiger partial charge on any atom is 0.242 e. The fourth-order valence-electron chi connectivity index (χ4n) is 2.57. The van der Waals surface area contributed by atoms with Crippen molar-refractivity contribution < 1.29 is 17.6 Å². The first kappa shape index (κ1) is 17.4. The van der Waals surface area contributed by atoms with Crippen LogP contribution in [0.15, 0.2) is 46.0 Å². The van der Waals surface area contributed by atoms with Crippen LogP contribution in [0.4, 0.5) is 0 Å². The quantitative estimate of drug-likeness (QED) is 0.778. The fourth-order valence-corrected chi connectivity index (χ4v) is 3.67. The largest absolute Gasteiger partial charge is 0.468 e. The third-order valence-corrected chi connectivity index (χ3v) is 5.47. The van der Waals surface area contributed by atoms with E-state index in [0.29, 0.717) is 19.0 Å². The monoisotopic (exact) mass is 371 g/mol. The molecule has 1 fully saturated rings. The first-order valence-electron chi connectivity index (χ1n) is 7.53. The first-order chi connectivity index (χ1) is 11.6. The Kier molecular flexibility index (Phi) is 5.52. The van der Waals surface area contributed by atoms with E-state index in [1.807, 2.05) is 6.07 Å². The predicted octanol–water partition coefficient (Wildman–Crippen LogP) is 1.68. The smallest absolute Gasteiger partial charge is 0.242 e. The van der Waals surface area contributed by atoms with Crippen LogP contribution in [0.5, 0.6) is 0 Å². The van der Waals surface area contributed by atoms with Crippen molar-refractivity contribution in [1.82, 2.24) is 14.6 Å². The van der Waals surface area contributed by atoms with Crippen LogP contribution in [0, 0.1) is 0 Å². The van der Waals surface area contributed by atoms with Gasteiger partial charge >= 0.3 is 0 Å². The lowest BCUT2D eigenvalue weighted by molar-refractivity contribution is 0.0128. The van der Waals surface area contributed by atoms with Gasteiger partial charge in [0.05, 0.1) is 25.5 Å². The van der Waals surface area contributed by atoms with Crippen LogP contribution in [-0.2, 0) is 14.8 Å². The van der Waals surface area contributed by atoms with Gasteiger partial charge in [-0.2, -0.15) is 0 Å². The Balaban J connectivity index is 1.74. The number of sulfonamides is 1. The molecule has 7 nitrogen and oxygen atoms in total. The number of hydrogen-bond donors (Lipinski definition) is 1. The van der Waals surface area contributed by atoms with Crippen molar-refractivity contribution in [2.75, 3.05) is 32.8 Å². The molecule has 0 radical (unpaired) electrons. The Morgan fingerprint density at radius 3 is 2.71 bits per heavy atom. The predicted molar refractivity (Wildman–Crippen MR) is 88.3 cm³/mol. The molecule has 0 amide bonds. The molecule has 0 saturated carbocycles. The molecule has 1 aliphatic heterocycles. The minimum atomic E-state index is -3.67. The SMILES string of the molecule is O=S(=O)(NCC(c1ccco1)N1CCOCC1)c1ccc(Cl)nc1. The second kappa shape index (κ2) is 7.62. The van der Waals surface area contributed by atoms with E-state index < -0.39 is 10.0 Å². The molecule has 0 aromatic carbocycles. The fraction of sp³-hybridized carbons (Fsp3) is 0.400. The summed E-state index contributed by atoms with van der Waals surface area (Å²) in [6.45, 7) is 2.86. The van der Waals surface area contributed by atoms with Crippen molar-refractivity contribution in [2.45, 2.75) is 10.9 Å². The third kappa shape index (κ3) is 4.14. The molecule has 0 aliphatic carbocycles. The van der Waals surface area contributed by atoms with Crippen LogP contribution in [0.1, 0.15) is 11.8 Å². The van der Waals surface area contributed by atoms with Crippen LogP contribution in [-0.4, -0.2) is 51.1 Å². The van der Waals surface area contributed by atoms with E-state index in [9.17, 15) is 8.42 Å². The summed E-state index contributed by atoms with van der Waals surface area (Å²) in [5, 5.41) is 0.246. The average Bonchev–Trinajstić information content (AvgIpc) is 3.11. The van der Waals surface area contributed by atoms with Crippen molar-refractivity contribution in [3.8, 4) is 0 Å². The number of halogens is 1. The van der Waals surface area contributed by atoms with Gasteiger partial charge < -0.3 is 9.15 Å². The second-order valence-corrected chi connectivity index (χ2v) is 7.50. The third-order valence-electron chi connectivity index (χ3n) is 3.84. The number of rotatable bonds is 6. The minimum Gasteiger partial charge on any atom is -0.468 e. The Bertz CT molecular complexity index is 744. The molecular weight excluding hydrogens is 354 g/mol. The summed E-state index contributed by atoms with van der Waals surface area (Å²) in [7, 11) is -3.67. The second-order valence-electron chi connectivity index (χ2n) is 5.35. The van der Waals surface area contributed by atoms with Gasteiger partial charge in [0.2, 0.25) is 10.0 Å². The van der Waals surface area contributed by atoms with E-state index in [1.54, 1.807) is 12.3 Å². The standard InChI is InChI=1S/C15H18ClN3O4S/c16-15-4-3-12(10-17-15)24(20,21)18-11-13(14-2-1-7-23-14)19-5-8-22-9-6-19/h1-4,7,10,13,18H,5-6,8-9,11H2. The van der Waals surface area contributed by atoms with Crippen LogP contribution in [0.25, 0.3) is 0 Å². The maximum absolute atomic E-state index is 12.4. The Hall–Kier alpha value is -1.45. The molecule has 0 spiro atoms. The molecule has 1 aliphatic rings. The van der Waals surface area contributed by atoms with Crippen molar-refractivity contribution in [2.24, 2.45) is 0 Å². The first-order valence-corrected chi connectivity index (χ1v) is 9.39. The summed E-state index contributed by atoms with van der Waals surface area (Å²) in [6, 6.07) is 6.31. The minimum absolute atomic E-state index is 0.0760. The van der Waals surface area contributed by atoms with Crippen LogP contribution < -0.4 is 4.72 Å². The Labute approximate surface area is 145 Å². The number of furan rings is 1. The van der Waals surface area contributed by atoms with Gasteiger partial charge in [0.1, 0.15) is 15.8 Å². The molecule has 1 N–H and O–H groups in total. The highest BCUT2D eigenvalue weighted by atomic mass is 35.5. The van der Waals surface area contributed by atoms with E-state index in [2.05, 4.69) is 14.6 Å². The molecular formula is C15H18ClN3O4S. The average molecular weight is 372 g/mol. The van der Waals surface area contributed by atoms with Gasteiger partial charge in [-0.3, -0.25) is 4.90 Å². The highest BCUT2D eigenvalue weighted by Crippen LogP contribution is 2.22. The number of hydrogen-bond acceptors (Lipinski definition) is 6. The summed E-state index contributed by atoms with van der Waals surface area (Å²) < 4.78 is 38.3. The summed E-state index contributed by atoms with van der Waals surface area (Å²) in [6.07, 6.45) is 2.82. The molecule has 24 heavy (non-hydrogen) atoms. The van der Waals surface area contributed by atoms with Crippen molar-refractivity contribution >= 4 is 21.6 Å². The molecule has 2 aromatic rings. The number of aromatic nitrogens is 1. The highest BCUT2D eigenvalue weighted by Gasteiger charge is 2.27. The van der Waals surface area contributed by atoms with Gasteiger partial charge in [-0.25, -0.2) is 18.1 Å². The molecule has 1 atom stereocenters. The van der Waals surface area contributed by atoms with E-state index in [-0.39, 0.29) is 22.6 Å². The van der Waals surface area contributed by atoms with Crippen molar-refractivity contribution in [3.63, 3.8) is 0 Å². The maximum atomic E-state index is 12.4. The summed E-state index contributed by atoms with van der Waals surface area (Å²) in [5.41, 5.74) is 0. The molecule has 130 valence electrons. The Morgan fingerprint density at radius 2 is 2.08 bits per heavy atom. The molecule has 1 saturated heterocycles. The van der Waals surface area contributed by atoms with E-state index >= 15 is 0 Å². The lowest BCUT2D eigenvalue weighted by Crippen LogP contribution is -2.43. The molecule has 3 rings (SSSR count). The number of ether oxygens (including phenoxy) is 1. The normalized spacial score (nSPS) is 17.7. The zero-order valence-corrected chi connectivity index (χ0v) is 14.5. The lowest BCUT2D eigenvalue weighted by Gasteiger charge is -2.33. The number of nitrogens with one attached hydrogen (secondary N) is 1. The summed E-state index contributed by atoms with van der Waals surface area (Å²) >= 11 is 5.70. The van der Waals surface area contributed by atoms with Crippen molar-refractivity contribution in [3.05, 3.63) is 47.6 Å². The molecule has 1 unspecified atom stereocenters. The molecule has 2 aromatic heterocycles.